The summed E-state index contributed by atoms with van der Waals surface area (Å²) in [5.41, 5.74) is 10.6. The Morgan fingerprint density at radius 3 is 3.00 bits per heavy atom. The van der Waals surface area contributed by atoms with Gasteiger partial charge in [0.2, 0.25) is 0 Å². The molecule has 1 fully saturated rings. The van der Waals surface area contributed by atoms with Crippen molar-refractivity contribution in [1.82, 2.24) is 9.88 Å². The number of hydrogen-bond acceptors (Lipinski definition) is 8. The van der Waals surface area contributed by atoms with E-state index in [0.717, 1.165) is 34.0 Å². The van der Waals surface area contributed by atoms with Crippen LogP contribution in [0.4, 0.5) is 5.69 Å². The zero-order valence-electron chi connectivity index (χ0n) is 17.5. The van der Waals surface area contributed by atoms with Gasteiger partial charge in [-0.05, 0) is 36.6 Å². The first kappa shape index (κ1) is 20.6. The van der Waals surface area contributed by atoms with Crippen LogP contribution in [0.2, 0.25) is 0 Å². The molecule has 8 heteroatoms. The number of nitrogens with one attached hydrogen (secondary N) is 1. The zero-order valence-corrected chi connectivity index (χ0v) is 18.3. The number of pyridine rings is 1. The van der Waals surface area contributed by atoms with E-state index in [1.54, 1.807) is 30.7 Å². The molecule has 2 aliphatic rings. The van der Waals surface area contributed by atoms with Gasteiger partial charge in [-0.2, -0.15) is 0 Å². The van der Waals surface area contributed by atoms with Crippen LogP contribution >= 0.6 is 11.3 Å². The van der Waals surface area contributed by atoms with Crippen molar-refractivity contribution in [2.75, 3.05) is 38.8 Å². The maximum Gasteiger partial charge on any atom is 0.137 e. The van der Waals surface area contributed by atoms with Crippen molar-refractivity contribution in [2.24, 2.45) is 5.73 Å². The van der Waals surface area contributed by atoms with Crippen molar-refractivity contribution in [3.05, 3.63) is 52.0 Å². The number of fused-ring (bicyclic) bond motifs is 1. The predicted octanol–water partition coefficient (Wildman–Crippen LogP) is 3.03. The number of ether oxygens (including phenoxy) is 2. The van der Waals surface area contributed by atoms with Crippen molar-refractivity contribution in [2.45, 2.75) is 19.1 Å². The highest BCUT2D eigenvalue weighted by atomic mass is 32.1. The van der Waals surface area contributed by atoms with Crippen LogP contribution < -0.4 is 15.4 Å². The summed E-state index contributed by atoms with van der Waals surface area (Å²) in [4.78, 5) is 10.3. The molecule has 0 aliphatic carbocycles. The van der Waals surface area contributed by atoms with Gasteiger partial charge >= 0.3 is 0 Å². The van der Waals surface area contributed by atoms with Crippen LogP contribution in [0, 0.1) is 5.41 Å². The number of thiophene rings is 1. The lowest BCUT2D eigenvalue weighted by atomic mass is 9.94. The summed E-state index contributed by atoms with van der Waals surface area (Å²) in [5.74, 6) is 0.858. The van der Waals surface area contributed by atoms with Crippen molar-refractivity contribution in [1.29, 1.82) is 5.41 Å². The van der Waals surface area contributed by atoms with E-state index < -0.39 is 0 Å². The molecule has 2 atom stereocenters. The van der Waals surface area contributed by atoms with Crippen molar-refractivity contribution < 1.29 is 9.47 Å². The van der Waals surface area contributed by atoms with Gasteiger partial charge in [0.15, 0.2) is 0 Å². The Kier molecular flexibility index (Phi) is 5.90. The van der Waals surface area contributed by atoms with E-state index >= 15 is 0 Å². The molecule has 0 aromatic carbocycles. The topological polar surface area (TPSA) is 87.7 Å². The van der Waals surface area contributed by atoms with Gasteiger partial charge in [-0.25, -0.2) is 0 Å². The summed E-state index contributed by atoms with van der Waals surface area (Å²) in [6, 6.07) is 4.30. The van der Waals surface area contributed by atoms with Crippen molar-refractivity contribution in [3.8, 4) is 5.75 Å². The number of morpholine rings is 1. The van der Waals surface area contributed by atoms with E-state index in [1.165, 1.54) is 6.21 Å². The first-order valence-corrected chi connectivity index (χ1v) is 10.8. The van der Waals surface area contributed by atoms with Crippen LogP contribution in [-0.2, 0) is 4.74 Å². The molecule has 2 unspecified atom stereocenters. The zero-order chi connectivity index (χ0) is 21.3. The van der Waals surface area contributed by atoms with E-state index in [2.05, 4.69) is 34.8 Å². The Balaban J connectivity index is 1.92. The molecule has 2 aromatic heterocycles. The number of nitrogens with two attached hydrogens (primary N) is 1. The second kappa shape index (κ2) is 8.59. The largest absolute Gasteiger partial charge is 0.495 e. The first-order valence-electron chi connectivity index (χ1n) is 9.92. The fourth-order valence-corrected chi connectivity index (χ4v) is 5.10. The van der Waals surface area contributed by atoms with Gasteiger partial charge < -0.3 is 25.5 Å². The number of anilines is 1. The third kappa shape index (κ3) is 3.51. The number of likely N-dealkylation sites (N-methyl/N-ethyl adjacent to an activating group) is 1. The lowest BCUT2D eigenvalue weighted by molar-refractivity contribution is -0.0128. The van der Waals surface area contributed by atoms with Crippen LogP contribution in [0.1, 0.15) is 23.1 Å². The first-order chi connectivity index (χ1) is 14.6. The molecule has 4 heterocycles. The fraction of sp³-hybridized carbons (Fsp3) is 0.364. The van der Waals surface area contributed by atoms with Gasteiger partial charge in [0, 0.05) is 43.2 Å². The third-order valence-corrected chi connectivity index (χ3v) is 6.60. The quantitative estimate of drug-likeness (QED) is 0.716. The molecule has 0 spiro atoms. The molecule has 7 nitrogen and oxygen atoms in total. The molecule has 0 bridgehead atoms. The standard InChI is InChI=1S/C22H27N5O2S/c1-14-13-29-10-9-27(14)19-12-16(22-18(28-3)6-11-30-22)15-5-8-25-20(17(24)4-7-23)21(15)26(19)2/h4-8,11-12,14,19,23H,9-10,13,24H2,1-3H3/b17-4-,23-7?. The Bertz CT molecular complexity index is 999. The molecule has 4 rings (SSSR count). The minimum atomic E-state index is 0.0222. The highest BCUT2D eigenvalue weighted by Crippen LogP contribution is 2.45. The lowest BCUT2D eigenvalue weighted by Crippen LogP contribution is -2.55. The maximum absolute atomic E-state index is 7.43. The second-order valence-electron chi connectivity index (χ2n) is 7.43. The van der Waals surface area contributed by atoms with E-state index in [-0.39, 0.29) is 12.2 Å². The van der Waals surface area contributed by atoms with E-state index in [4.69, 9.17) is 20.6 Å². The summed E-state index contributed by atoms with van der Waals surface area (Å²) in [6.45, 7) is 4.45. The fourth-order valence-electron chi connectivity index (χ4n) is 4.20. The van der Waals surface area contributed by atoms with Crippen molar-refractivity contribution in [3.63, 3.8) is 0 Å². The van der Waals surface area contributed by atoms with Gasteiger partial charge in [-0.15, -0.1) is 11.3 Å². The smallest absolute Gasteiger partial charge is 0.137 e. The highest BCUT2D eigenvalue weighted by Gasteiger charge is 2.35. The summed E-state index contributed by atoms with van der Waals surface area (Å²) in [7, 11) is 3.78. The Morgan fingerprint density at radius 1 is 1.43 bits per heavy atom. The lowest BCUT2D eigenvalue weighted by Gasteiger charge is -2.45. The average Bonchev–Trinajstić information content (AvgIpc) is 3.23. The van der Waals surface area contributed by atoms with Gasteiger partial charge in [-0.1, -0.05) is 0 Å². The van der Waals surface area contributed by atoms with E-state index in [1.807, 2.05) is 17.5 Å². The molecule has 0 radical (unpaired) electrons. The molecule has 2 aromatic rings. The van der Waals surface area contributed by atoms with Crippen LogP contribution in [-0.4, -0.2) is 62.2 Å². The Labute approximate surface area is 180 Å². The molecule has 30 heavy (non-hydrogen) atoms. The highest BCUT2D eigenvalue weighted by molar-refractivity contribution is 7.11. The number of hydrogen-bond donors (Lipinski definition) is 2. The molecule has 2 aliphatic heterocycles. The summed E-state index contributed by atoms with van der Waals surface area (Å²) >= 11 is 1.66. The van der Waals surface area contributed by atoms with Crippen LogP contribution in [0.5, 0.6) is 5.75 Å². The Hall–Kier alpha value is -2.68. The molecular formula is C22H27N5O2S. The van der Waals surface area contributed by atoms with Gasteiger partial charge in [0.05, 0.1) is 36.6 Å². The van der Waals surface area contributed by atoms with Crippen LogP contribution in [0.3, 0.4) is 0 Å². The molecule has 3 N–H and O–H groups in total. The number of aromatic nitrogens is 1. The molecular weight excluding hydrogens is 398 g/mol. The van der Waals surface area contributed by atoms with E-state index in [9.17, 15) is 0 Å². The predicted molar refractivity (Wildman–Crippen MR) is 122 cm³/mol. The minimum Gasteiger partial charge on any atom is -0.495 e. The molecule has 0 amide bonds. The normalized spacial score (nSPS) is 22.4. The van der Waals surface area contributed by atoms with Crippen LogP contribution in [0.15, 0.2) is 35.9 Å². The third-order valence-electron chi connectivity index (χ3n) is 5.67. The Morgan fingerprint density at radius 2 is 2.27 bits per heavy atom. The molecule has 0 saturated carbocycles. The summed E-state index contributed by atoms with van der Waals surface area (Å²) in [6.07, 6.45) is 6.87. The van der Waals surface area contributed by atoms with Crippen LogP contribution in [0.25, 0.3) is 11.3 Å². The summed E-state index contributed by atoms with van der Waals surface area (Å²) in [5, 5.41) is 9.48. The van der Waals surface area contributed by atoms with Gasteiger partial charge in [0.1, 0.15) is 17.6 Å². The monoisotopic (exact) mass is 425 g/mol. The number of nitrogens with zero attached hydrogens (tertiary/aromatic N) is 3. The van der Waals surface area contributed by atoms with Gasteiger partial charge in [0.25, 0.3) is 0 Å². The second-order valence-corrected chi connectivity index (χ2v) is 8.35. The average molecular weight is 426 g/mol. The maximum atomic E-state index is 7.43. The molecule has 1 saturated heterocycles. The summed E-state index contributed by atoms with van der Waals surface area (Å²) < 4.78 is 11.3. The van der Waals surface area contributed by atoms with Crippen molar-refractivity contribution >= 4 is 34.5 Å². The number of allylic oxidation sites excluding steroid dienone is 1. The van der Waals surface area contributed by atoms with E-state index in [0.29, 0.717) is 24.6 Å². The molecule has 158 valence electrons. The van der Waals surface area contributed by atoms with Gasteiger partial charge in [-0.3, -0.25) is 9.88 Å². The SMILES string of the molecule is COc1ccsc1C1=CC(N2CCOCC2C)N(C)c2c1ccnc2/C(N)=C/C=N. The minimum absolute atomic E-state index is 0.0222. The number of methoxy groups -OCH3 is 1. The number of rotatable bonds is 5.